The monoisotopic (exact) mass is 733 g/mol. The van der Waals surface area contributed by atoms with Crippen LogP contribution in [0.3, 0.4) is 0 Å². The predicted octanol–water partition coefficient (Wildman–Crippen LogP) is 11.4. The van der Waals surface area contributed by atoms with Gasteiger partial charge >= 0.3 is 0 Å². The Kier molecular flexibility index (Phi) is 9.52. The van der Waals surface area contributed by atoms with Gasteiger partial charge in [0.05, 0.1) is 17.2 Å². The van der Waals surface area contributed by atoms with E-state index in [2.05, 4.69) is 6.07 Å². The number of para-hydroxylation sites is 1. The predicted molar refractivity (Wildman–Crippen MR) is 222 cm³/mol. The molecule has 0 fully saturated rings. The molecule has 57 heavy (non-hydrogen) atoms. The van der Waals surface area contributed by atoms with Crippen molar-refractivity contribution >= 4 is 0 Å². The highest BCUT2D eigenvalue weighted by atomic mass is 16.5. The van der Waals surface area contributed by atoms with Gasteiger partial charge in [-0.1, -0.05) is 158 Å². The lowest BCUT2D eigenvalue weighted by Gasteiger charge is -2.13. The summed E-state index contributed by atoms with van der Waals surface area (Å²) >= 11 is 0. The third-order valence-electron chi connectivity index (χ3n) is 9.32. The summed E-state index contributed by atoms with van der Waals surface area (Å²) in [6.45, 7) is 0. The first-order valence-electron chi connectivity index (χ1n) is 18.3. The summed E-state index contributed by atoms with van der Waals surface area (Å²) in [6, 6.07) is 62.8. The fraction of sp³-hybridized carbons (Fsp3) is 0. The Morgan fingerprint density at radius 2 is 0.737 bits per heavy atom. The van der Waals surface area contributed by atoms with Crippen LogP contribution in [0.25, 0.3) is 79.5 Å². The molecule has 0 aliphatic heterocycles. The average molecular weight is 734 g/mol. The Labute approximate surface area is 329 Å². The molecular formula is C49H31N7O. The van der Waals surface area contributed by atoms with Gasteiger partial charge in [-0.3, -0.25) is 0 Å². The Balaban J connectivity index is 1.09. The summed E-state index contributed by atoms with van der Waals surface area (Å²) in [5.41, 5.74) is 7.34. The molecule has 8 heteroatoms. The maximum Gasteiger partial charge on any atom is 0.167 e. The van der Waals surface area contributed by atoms with Crippen LogP contribution in [0, 0.1) is 11.3 Å². The zero-order chi connectivity index (χ0) is 38.4. The highest BCUT2D eigenvalue weighted by molar-refractivity contribution is 5.75. The number of aromatic nitrogens is 6. The molecule has 0 N–H and O–H groups in total. The van der Waals surface area contributed by atoms with Crippen LogP contribution in [0.4, 0.5) is 0 Å². The van der Waals surface area contributed by atoms with Gasteiger partial charge in [-0.25, -0.2) is 29.9 Å². The third kappa shape index (κ3) is 7.49. The van der Waals surface area contributed by atoms with Gasteiger partial charge < -0.3 is 4.74 Å². The number of hydrogen-bond donors (Lipinski definition) is 0. The minimum absolute atomic E-state index is 0.460. The molecule has 0 bridgehead atoms. The van der Waals surface area contributed by atoms with Crippen molar-refractivity contribution in [2.45, 2.75) is 0 Å². The van der Waals surface area contributed by atoms with Gasteiger partial charge in [0.25, 0.3) is 0 Å². The molecule has 9 rings (SSSR count). The molecule has 0 aliphatic rings. The van der Waals surface area contributed by atoms with Crippen LogP contribution in [0.5, 0.6) is 11.5 Å². The van der Waals surface area contributed by atoms with E-state index in [9.17, 15) is 5.26 Å². The summed E-state index contributed by atoms with van der Waals surface area (Å²) in [4.78, 5) is 29.5. The third-order valence-corrected chi connectivity index (χ3v) is 9.32. The highest BCUT2D eigenvalue weighted by Crippen LogP contribution is 2.35. The Morgan fingerprint density at radius 3 is 1.28 bits per heavy atom. The maximum absolute atomic E-state index is 9.67. The summed E-state index contributed by atoms with van der Waals surface area (Å²) in [5, 5.41) is 9.67. The van der Waals surface area contributed by atoms with Gasteiger partial charge in [-0.2, -0.15) is 5.26 Å². The molecule has 0 unspecified atom stereocenters. The minimum atomic E-state index is 0.460. The van der Waals surface area contributed by atoms with E-state index in [0.717, 1.165) is 38.9 Å². The van der Waals surface area contributed by atoms with Gasteiger partial charge in [0.1, 0.15) is 11.5 Å². The number of nitriles is 1. The zero-order valence-corrected chi connectivity index (χ0v) is 30.4. The first kappa shape index (κ1) is 34.6. The fourth-order valence-electron chi connectivity index (χ4n) is 6.48. The summed E-state index contributed by atoms with van der Waals surface area (Å²) < 4.78 is 6.64. The van der Waals surface area contributed by atoms with E-state index in [4.69, 9.17) is 34.6 Å². The molecule has 0 aliphatic carbocycles. The van der Waals surface area contributed by atoms with Crippen LogP contribution in [0.15, 0.2) is 188 Å². The van der Waals surface area contributed by atoms with Crippen LogP contribution >= 0.6 is 0 Å². The molecule has 268 valence electrons. The van der Waals surface area contributed by atoms with E-state index < -0.39 is 0 Å². The molecule has 8 nitrogen and oxygen atoms in total. The molecule has 0 saturated heterocycles. The van der Waals surface area contributed by atoms with E-state index >= 15 is 0 Å². The Morgan fingerprint density at radius 1 is 0.333 bits per heavy atom. The molecular weight excluding hydrogens is 703 g/mol. The molecule has 0 radical (unpaired) electrons. The van der Waals surface area contributed by atoms with E-state index in [-0.39, 0.29) is 0 Å². The number of ether oxygens (including phenoxy) is 1. The van der Waals surface area contributed by atoms with Gasteiger partial charge in [-0.15, -0.1) is 0 Å². The molecule has 2 heterocycles. The second-order valence-electron chi connectivity index (χ2n) is 13.1. The lowest BCUT2D eigenvalue weighted by molar-refractivity contribution is 0.484. The van der Waals surface area contributed by atoms with Crippen molar-refractivity contribution in [2.24, 2.45) is 0 Å². The van der Waals surface area contributed by atoms with Crippen LogP contribution < -0.4 is 4.74 Å². The molecule has 0 amide bonds. The van der Waals surface area contributed by atoms with Crippen LogP contribution in [-0.4, -0.2) is 29.9 Å². The smallest absolute Gasteiger partial charge is 0.167 e. The van der Waals surface area contributed by atoms with Crippen molar-refractivity contribution in [2.75, 3.05) is 0 Å². The SMILES string of the molecule is N#Cc1ccccc1-c1ccc(-c2nc(-c3ccccc3)nc(-c3ccccc3Oc3cccc(-c4nc(-c5ccccc5)nc(-c5ccccc5)n4)c3)n2)cc1. The van der Waals surface area contributed by atoms with Crippen LogP contribution in [0.1, 0.15) is 5.56 Å². The topological polar surface area (TPSA) is 110 Å². The molecule has 9 aromatic rings. The van der Waals surface area contributed by atoms with Crippen molar-refractivity contribution in [1.82, 2.24) is 29.9 Å². The number of hydrogen-bond acceptors (Lipinski definition) is 8. The normalized spacial score (nSPS) is 10.8. The summed E-state index contributed by atoms with van der Waals surface area (Å²) in [5.74, 6) is 4.35. The molecule has 0 saturated carbocycles. The standard InChI is InChI=1S/C49H31N7O/c50-32-39-21-10-11-24-41(39)33-27-29-37(30-28-33)47-52-46(36-19-8-3-9-20-36)55-49(56-47)42-25-12-13-26-43(42)57-40-23-14-22-38(31-40)48-53-44(34-15-4-1-5-16-34)51-45(54-48)35-17-6-2-7-18-35/h1-31H. The average Bonchev–Trinajstić information content (AvgIpc) is 3.30. The van der Waals surface area contributed by atoms with Gasteiger partial charge in [-0.05, 0) is 41.5 Å². The van der Waals surface area contributed by atoms with Crippen LogP contribution in [-0.2, 0) is 0 Å². The lowest BCUT2D eigenvalue weighted by Crippen LogP contribution is -2.01. The number of rotatable bonds is 9. The summed E-state index contributed by atoms with van der Waals surface area (Å²) in [6.07, 6.45) is 0. The largest absolute Gasteiger partial charge is 0.457 e. The van der Waals surface area contributed by atoms with E-state index in [1.165, 1.54) is 0 Å². The first-order valence-corrected chi connectivity index (χ1v) is 18.3. The molecule has 0 atom stereocenters. The minimum Gasteiger partial charge on any atom is -0.457 e. The number of benzene rings is 7. The molecule has 7 aromatic carbocycles. The maximum atomic E-state index is 9.67. The van der Waals surface area contributed by atoms with E-state index in [1.54, 1.807) is 0 Å². The molecule has 0 spiro atoms. The van der Waals surface area contributed by atoms with Gasteiger partial charge in [0.15, 0.2) is 34.9 Å². The highest BCUT2D eigenvalue weighted by Gasteiger charge is 2.18. The lowest BCUT2D eigenvalue weighted by atomic mass is 9.99. The fourth-order valence-corrected chi connectivity index (χ4v) is 6.48. The number of nitrogens with zero attached hydrogens (tertiary/aromatic N) is 7. The molecule has 2 aromatic heterocycles. The van der Waals surface area contributed by atoms with Crippen molar-refractivity contribution in [1.29, 1.82) is 5.26 Å². The Bertz CT molecular complexity index is 2820. The Hall–Kier alpha value is -8.15. The second-order valence-corrected chi connectivity index (χ2v) is 13.1. The van der Waals surface area contributed by atoms with Crippen molar-refractivity contribution < 1.29 is 4.74 Å². The van der Waals surface area contributed by atoms with Crippen molar-refractivity contribution in [3.05, 3.63) is 194 Å². The van der Waals surface area contributed by atoms with Gasteiger partial charge in [0.2, 0.25) is 0 Å². The zero-order valence-electron chi connectivity index (χ0n) is 30.4. The van der Waals surface area contributed by atoms with Crippen molar-refractivity contribution in [3.63, 3.8) is 0 Å². The van der Waals surface area contributed by atoms with Crippen LogP contribution in [0.2, 0.25) is 0 Å². The van der Waals surface area contributed by atoms with E-state index in [1.807, 2.05) is 188 Å². The first-order chi connectivity index (χ1) is 28.2. The second kappa shape index (κ2) is 15.7. The summed E-state index contributed by atoms with van der Waals surface area (Å²) in [7, 11) is 0. The quantitative estimate of drug-likeness (QED) is 0.144. The van der Waals surface area contributed by atoms with Crippen molar-refractivity contribution in [3.8, 4) is 97.0 Å². The van der Waals surface area contributed by atoms with E-state index in [0.29, 0.717) is 57.6 Å². The van der Waals surface area contributed by atoms with Gasteiger partial charge in [0, 0.05) is 27.8 Å².